The summed E-state index contributed by atoms with van der Waals surface area (Å²) in [5.74, 6) is 0.899. The number of rotatable bonds is 5. The lowest BCUT2D eigenvalue weighted by molar-refractivity contribution is 0.413. The lowest BCUT2D eigenvalue weighted by Crippen LogP contribution is -2.51. The van der Waals surface area contributed by atoms with Crippen molar-refractivity contribution < 1.29 is 4.74 Å². The van der Waals surface area contributed by atoms with Crippen LogP contribution >= 0.6 is 15.9 Å². The summed E-state index contributed by atoms with van der Waals surface area (Å²) in [4.78, 5) is 0. The standard InChI is InChI=1S/C18H28BrNOSi/c1-12(2)22(13(3)4,14(5)6)20-11-10-15-16(20)8-9-17(21-7)18(15)19/h8-14H,1-7H3. The molecule has 2 nitrogen and oxygen atoms in total. The topological polar surface area (TPSA) is 14.2 Å². The number of hydrogen-bond donors (Lipinski definition) is 0. The lowest BCUT2D eigenvalue weighted by Gasteiger charge is -2.44. The highest BCUT2D eigenvalue weighted by atomic mass is 79.9. The van der Waals surface area contributed by atoms with Gasteiger partial charge in [-0.25, -0.2) is 0 Å². The maximum atomic E-state index is 5.45. The Bertz CT molecular complexity index is 639. The van der Waals surface area contributed by atoms with Crippen molar-refractivity contribution >= 4 is 35.1 Å². The molecular formula is C18H28BrNOSi. The zero-order chi connectivity index (χ0) is 16.7. The molecule has 1 heterocycles. The van der Waals surface area contributed by atoms with E-state index in [2.05, 4.69) is 86.1 Å². The van der Waals surface area contributed by atoms with Crippen molar-refractivity contribution in [3.8, 4) is 5.75 Å². The number of methoxy groups -OCH3 is 1. The number of fused-ring (bicyclic) bond motifs is 1. The number of halogens is 1. The molecule has 0 atom stereocenters. The molecule has 1 aromatic heterocycles. The number of nitrogens with zero attached hydrogens (tertiary/aromatic N) is 1. The van der Waals surface area contributed by atoms with E-state index in [0.29, 0.717) is 16.6 Å². The third-order valence-corrected chi connectivity index (χ3v) is 12.8. The van der Waals surface area contributed by atoms with E-state index in [-0.39, 0.29) is 0 Å². The number of hydrogen-bond acceptors (Lipinski definition) is 1. The van der Waals surface area contributed by atoms with Gasteiger partial charge in [-0.1, -0.05) is 41.5 Å². The van der Waals surface area contributed by atoms with Crippen LogP contribution in [0.3, 0.4) is 0 Å². The van der Waals surface area contributed by atoms with Crippen LogP contribution in [0.15, 0.2) is 28.9 Å². The summed E-state index contributed by atoms with van der Waals surface area (Å²) in [5, 5.41) is 1.25. The summed E-state index contributed by atoms with van der Waals surface area (Å²) in [6.07, 6.45) is 2.31. The first kappa shape index (κ1) is 17.6. The molecule has 2 aromatic rings. The van der Waals surface area contributed by atoms with E-state index in [0.717, 1.165) is 10.2 Å². The molecule has 0 saturated carbocycles. The second-order valence-corrected chi connectivity index (χ2v) is 13.6. The molecule has 0 saturated heterocycles. The van der Waals surface area contributed by atoms with Gasteiger partial charge >= 0.3 is 0 Å². The predicted octanol–water partition coefficient (Wildman–Crippen LogP) is 6.44. The Morgan fingerprint density at radius 1 is 0.955 bits per heavy atom. The van der Waals surface area contributed by atoms with Crippen LogP contribution in [0.1, 0.15) is 41.5 Å². The highest BCUT2D eigenvalue weighted by molar-refractivity contribution is 9.10. The Morgan fingerprint density at radius 2 is 1.50 bits per heavy atom. The van der Waals surface area contributed by atoms with E-state index >= 15 is 0 Å². The van der Waals surface area contributed by atoms with Crippen LogP contribution in [0.2, 0.25) is 16.6 Å². The van der Waals surface area contributed by atoms with Gasteiger partial charge in [0, 0.05) is 10.9 Å². The van der Waals surface area contributed by atoms with Gasteiger partial charge in [-0.2, -0.15) is 0 Å². The van der Waals surface area contributed by atoms with Crippen molar-refractivity contribution in [2.24, 2.45) is 0 Å². The Kier molecular flexibility index (Phi) is 5.12. The third kappa shape index (κ3) is 2.44. The average molecular weight is 382 g/mol. The van der Waals surface area contributed by atoms with Crippen molar-refractivity contribution in [2.45, 2.75) is 58.2 Å². The summed E-state index contributed by atoms with van der Waals surface area (Å²) in [6, 6.07) is 6.52. The third-order valence-electron chi connectivity index (χ3n) is 5.18. The van der Waals surface area contributed by atoms with Crippen LogP contribution in [0, 0.1) is 0 Å². The van der Waals surface area contributed by atoms with Crippen LogP contribution < -0.4 is 4.74 Å². The van der Waals surface area contributed by atoms with Gasteiger partial charge < -0.3 is 8.97 Å². The molecular weight excluding hydrogens is 354 g/mol. The summed E-state index contributed by atoms with van der Waals surface area (Å²) in [6.45, 7) is 14.4. The van der Waals surface area contributed by atoms with Gasteiger partial charge in [0.25, 0.3) is 0 Å². The lowest BCUT2D eigenvalue weighted by atomic mass is 10.2. The van der Waals surface area contributed by atoms with Crippen molar-refractivity contribution in [1.29, 1.82) is 0 Å². The second kappa shape index (κ2) is 6.40. The van der Waals surface area contributed by atoms with E-state index in [1.807, 2.05) is 0 Å². The fraction of sp³-hybridized carbons (Fsp3) is 0.556. The zero-order valence-corrected chi connectivity index (χ0v) is 17.4. The molecule has 0 spiro atoms. The molecule has 122 valence electrons. The molecule has 0 aliphatic carbocycles. The molecule has 0 N–H and O–H groups in total. The molecule has 0 amide bonds. The summed E-state index contributed by atoms with van der Waals surface area (Å²) in [7, 11) is 0.00916. The Labute approximate surface area is 144 Å². The van der Waals surface area contributed by atoms with E-state index < -0.39 is 8.24 Å². The van der Waals surface area contributed by atoms with Crippen molar-refractivity contribution in [3.05, 3.63) is 28.9 Å². The first-order chi connectivity index (χ1) is 10.3. The molecule has 0 unspecified atom stereocenters. The van der Waals surface area contributed by atoms with Crippen molar-refractivity contribution in [2.75, 3.05) is 7.11 Å². The second-order valence-electron chi connectivity index (χ2n) is 7.05. The fourth-order valence-corrected chi connectivity index (χ4v) is 11.7. The maximum Gasteiger partial charge on any atom is 0.169 e. The summed E-state index contributed by atoms with van der Waals surface area (Å²) in [5.41, 5.74) is 3.38. The summed E-state index contributed by atoms with van der Waals surface area (Å²) >= 11 is 3.71. The van der Waals surface area contributed by atoms with Crippen LogP contribution in [0.5, 0.6) is 5.75 Å². The van der Waals surface area contributed by atoms with E-state index in [1.165, 1.54) is 10.9 Å². The van der Waals surface area contributed by atoms with E-state index in [9.17, 15) is 0 Å². The molecule has 1 aromatic carbocycles. The van der Waals surface area contributed by atoms with E-state index in [4.69, 9.17) is 4.74 Å². The molecule has 0 aliphatic heterocycles. The smallest absolute Gasteiger partial charge is 0.169 e. The fourth-order valence-electron chi connectivity index (χ4n) is 4.49. The predicted molar refractivity (Wildman–Crippen MR) is 103 cm³/mol. The normalized spacial score (nSPS) is 12.9. The van der Waals surface area contributed by atoms with Crippen LogP contribution in [0.4, 0.5) is 0 Å². The molecule has 0 bridgehead atoms. The number of benzene rings is 1. The average Bonchev–Trinajstić information content (AvgIpc) is 2.84. The van der Waals surface area contributed by atoms with Gasteiger partial charge in [0.2, 0.25) is 0 Å². The van der Waals surface area contributed by atoms with Gasteiger partial charge in [0.05, 0.1) is 11.6 Å². The van der Waals surface area contributed by atoms with Gasteiger partial charge in [-0.05, 0) is 56.9 Å². The highest BCUT2D eigenvalue weighted by Crippen LogP contribution is 2.45. The van der Waals surface area contributed by atoms with Crippen LogP contribution in [-0.2, 0) is 0 Å². The number of ether oxygens (including phenoxy) is 1. The van der Waals surface area contributed by atoms with Gasteiger partial charge in [-0.15, -0.1) is 0 Å². The van der Waals surface area contributed by atoms with Gasteiger partial charge in [-0.3, -0.25) is 0 Å². The van der Waals surface area contributed by atoms with Crippen LogP contribution in [0.25, 0.3) is 10.9 Å². The van der Waals surface area contributed by atoms with Gasteiger partial charge in [0.15, 0.2) is 8.24 Å². The van der Waals surface area contributed by atoms with Gasteiger partial charge in [0.1, 0.15) is 5.75 Å². The quantitative estimate of drug-likeness (QED) is 0.543. The van der Waals surface area contributed by atoms with Crippen LogP contribution in [-0.4, -0.2) is 19.6 Å². The van der Waals surface area contributed by atoms with E-state index in [1.54, 1.807) is 7.11 Å². The molecule has 22 heavy (non-hydrogen) atoms. The Morgan fingerprint density at radius 3 is 1.95 bits per heavy atom. The monoisotopic (exact) mass is 381 g/mol. The minimum atomic E-state index is -1.71. The molecule has 2 rings (SSSR count). The first-order valence-corrected chi connectivity index (χ1v) is 11.1. The number of aromatic nitrogens is 1. The zero-order valence-electron chi connectivity index (χ0n) is 14.8. The molecule has 0 aliphatic rings. The maximum absolute atomic E-state index is 5.45. The van der Waals surface area contributed by atoms with Crippen molar-refractivity contribution in [3.63, 3.8) is 0 Å². The SMILES string of the molecule is COc1ccc2c(ccn2[Si](C(C)C)(C(C)C)C(C)C)c1Br. The summed E-state index contributed by atoms with van der Waals surface area (Å²) < 4.78 is 9.14. The first-order valence-electron chi connectivity index (χ1n) is 8.12. The van der Waals surface area contributed by atoms with Crippen molar-refractivity contribution in [1.82, 2.24) is 4.23 Å². The Hall–Kier alpha value is -0.743. The molecule has 0 radical (unpaired) electrons. The molecule has 0 fully saturated rings. The molecule has 4 heteroatoms. The Balaban J connectivity index is 2.79. The minimum Gasteiger partial charge on any atom is -0.496 e. The minimum absolute atomic E-state index is 0.684. The highest BCUT2D eigenvalue weighted by Gasteiger charge is 2.45. The largest absolute Gasteiger partial charge is 0.496 e.